The Morgan fingerprint density at radius 1 is 1.33 bits per heavy atom. The third kappa shape index (κ3) is 3.39. The molecule has 1 aliphatic carbocycles. The Bertz CT molecular complexity index is 585. The van der Waals surface area contributed by atoms with Crippen LogP contribution in [0.1, 0.15) is 23.6 Å². The maximum atomic E-state index is 12.5. The minimum atomic E-state index is -3.18. The quantitative estimate of drug-likeness (QED) is 0.858. The van der Waals surface area contributed by atoms with E-state index in [4.69, 9.17) is 9.47 Å². The van der Waals surface area contributed by atoms with Gasteiger partial charge in [-0.1, -0.05) is 6.07 Å². The lowest BCUT2D eigenvalue weighted by Gasteiger charge is -2.33. The van der Waals surface area contributed by atoms with Crippen molar-refractivity contribution in [2.24, 2.45) is 0 Å². The number of aryl methyl sites for hydroxylation is 1. The average molecular weight is 313 g/mol. The molecular formula is C15H23NO4S. The van der Waals surface area contributed by atoms with Crippen molar-refractivity contribution in [1.82, 2.24) is 5.32 Å². The number of benzene rings is 1. The van der Waals surface area contributed by atoms with Crippen molar-refractivity contribution >= 4 is 9.84 Å². The van der Waals surface area contributed by atoms with Crippen LogP contribution in [0, 0.1) is 0 Å². The number of hydrogen-bond acceptors (Lipinski definition) is 5. The number of sulfone groups is 1. The molecule has 0 bridgehead atoms. The highest BCUT2D eigenvalue weighted by atomic mass is 32.2. The topological polar surface area (TPSA) is 64.6 Å². The van der Waals surface area contributed by atoms with Gasteiger partial charge in [0.05, 0.1) is 24.7 Å². The summed E-state index contributed by atoms with van der Waals surface area (Å²) in [6, 6.07) is 5.67. The fourth-order valence-corrected chi connectivity index (χ4v) is 4.85. The molecule has 0 fully saturated rings. The number of fused-ring (bicyclic) bond motifs is 1. The van der Waals surface area contributed by atoms with E-state index in [1.165, 1.54) is 7.11 Å². The molecule has 0 amide bonds. The zero-order chi connectivity index (χ0) is 15.5. The Kier molecular flexibility index (Phi) is 5.24. The summed E-state index contributed by atoms with van der Waals surface area (Å²) in [5, 5.41) is 2.77. The Morgan fingerprint density at radius 2 is 2.10 bits per heavy atom. The van der Waals surface area contributed by atoms with E-state index in [2.05, 4.69) is 5.32 Å². The molecule has 0 radical (unpaired) electrons. The van der Waals surface area contributed by atoms with Crippen LogP contribution in [0.25, 0.3) is 0 Å². The molecular weight excluding hydrogens is 290 g/mol. The number of methoxy groups -OCH3 is 2. The smallest absolute Gasteiger partial charge is 0.157 e. The van der Waals surface area contributed by atoms with Gasteiger partial charge >= 0.3 is 0 Å². The van der Waals surface area contributed by atoms with Gasteiger partial charge < -0.3 is 14.8 Å². The SMILES string of the molecule is CNC1c2ccc(OC)cc2CCC1S(=O)(=O)CCOC. The molecule has 0 spiro atoms. The van der Waals surface area contributed by atoms with Crippen molar-refractivity contribution in [3.8, 4) is 5.75 Å². The van der Waals surface area contributed by atoms with E-state index in [1.54, 1.807) is 7.11 Å². The minimum Gasteiger partial charge on any atom is -0.497 e. The van der Waals surface area contributed by atoms with Crippen LogP contribution >= 0.6 is 0 Å². The van der Waals surface area contributed by atoms with Crippen molar-refractivity contribution in [3.05, 3.63) is 29.3 Å². The fourth-order valence-electron chi connectivity index (χ4n) is 2.97. The Hall–Kier alpha value is -1.11. The summed E-state index contributed by atoms with van der Waals surface area (Å²) in [4.78, 5) is 0. The highest BCUT2D eigenvalue weighted by molar-refractivity contribution is 7.92. The fraction of sp³-hybridized carbons (Fsp3) is 0.600. The van der Waals surface area contributed by atoms with Gasteiger partial charge in [0, 0.05) is 13.2 Å². The van der Waals surface area contributed by atoms with E-state index in [9.17, 15) is 8.42 Å². The maximum Gasteiger partial charge on any atom is 0.157 e. The highest BCUT2D eigenvalue weighted by Gasteiger charge is 2.37. The number of ether oxygens (including phenoxy) is 2. The van der Waals surface area contributed by atoms with E-state index in [-0.39, 0.29) is 18.4 Å². The summed E-state index contributed by atoms with van der Waals surface area (Å²) < 4.78 is 35.2. The first-order chi connectivity index (χ1) is 10.0. The van der Waals surface area contributed by atoms with Crippen molar-refractivity contribution < 1.29 is 17.9 Å². The summed E-state index contributed by atoms with van der Waals surface area (Å²) in [7, 11) is 1.78. The van der Waals surface area contributed by atoms with E-state index < -0.39 is 15.1 Å². The summed E-state index contributed by atoms with van der Waals surface area (Å²) in [5.74, 6) is 0.877. The van der Waals surface area contributed by atoms with Crippen LogP contribution in [-0.2, 0) is 21.0 Å². The van der Waals surface area contributed by atoms with E-state index in [0.717, 1.165) is 23.3 Å². The minimum absolute atomic E-state index is 0.0673. The lowest BCUT2D eigenvalue weighted by Crippen LogP contribution is -2.41. The Balaban J connectivity index is 2.31. The normalized spacial score (nSPS) is 21.9. The molecule has 5 nitrogen and oxygen atoms in total. The molecule has 0 saturated carbocycles. The third-order valence-electron chi connectivity index (χ3n) is 4.10. The Morgan fingerprint density at radius 3 is 2.71 bits per heavy atom. The van der Waals surface area contributed by atoms with Crippen LogP contribution in [0.3, 0.4) is 0 Å². The number of hydrogen-bond donors (Lipinski definition) is 1. The molecule has 1 aliphatic rings. The largest absolute Gasteiger partial charge is 0.497 e. The second-order valence-electron chi connectivity index (χ2n) is 5.27. The van der Waals surface area contributed by atoms with Gasteiger partial charge in [-0.25, -0.2) is 8.42 Å². The zero-order valence-electron chi connectivity index (χ0n) is 12.8. The van der Waals surface area contributed by atoms with Gasteiger partial charge in [0.25, 0.3) is 0 Å². The van der Waals surface area contributed by atoms with Gasteiger partial charge in [-0.3, -0.25) is 0 Å². The lowest BCUT2D eigenvalue weighted by atomic mass is 9.87. The molecule has 0 aliphatic heterocycles. The summed E-state index contributed by atoms with van der Waals surface area (Å²) in [5.41, 5.74) is 2.21. The molecule has 2 unspecified atom stereocenters. The highest BCUT2D eigenvalue weighted by Crippen LogP contribution is 2.35. The maximum absolute atomic E-state index is 12.5. The predicted octanol–water partition coefficient (Wildman–Crippen LogP) is 1.33. The molecule has 0 aromatic heterocycles. The van der Waals surface area contributed by atoms with Gasteiger partial charge in [-0.15, -0.1) is 0 Å². The van der Waals surface area contributed by atoms with Gasteiger partial charge in [0.15, 0.2) is 9.84 Å². The van der Waals surface area contributed by atoms with E-state index in [1.807, 2.05) is 25.2 Å². The number of nitrogens with one attached hydrogen (secondary N) is 1. The molecule has 1 aromatic carbocycles. The van der Waals surface area contributed by atoms with Crippen LogP contribution in [0.15, 0.2) is 18.2 Å². The van der Waals surface area contributed by atoms with Crippen molar-refractivity contribution in [1.29, 1.82) is 0 Å². The molecule has 2 atom stereocenters. The summed E-state index contributed by atoms with van der Waals surface area (Å²) >= 11 is 0. The van der Waals surface area contributed by atoms with Crippen LogP contribution in [-0.4, -0.2) is 47.3 Å². The molecule has 118 valence electrons. The Labute approximate surface area is 126 Å². The van der Waals surface area contributed by atoms with Gasteiger partial charge in [0.2, 0.25) is 0 Å². The molecule has 0 heterocycles. The van der Waals surface area contributed by atoms with Crippen molar-refractivity contribution in [2.75, 3.05) is 33.6 Å². The molecule has 0 saturated heterocycles. The molecule has 2 rings (SSSR count). The van der Waals surface area contributed by atoms with Crippen LogP contribution in [0.2, 0.25) is 0 Å². The third-order valence-corrected chi connectivity index (χ3v) is 6.27. The molecule has 1 aromatic rings. The first kappa shape index (κ1) is 16.3. The van der Waals surface area contributed by atoms with E-state index in [0.29, 0.717) is 6.42 Å². The zero-order valence-corrected chi connectivity index (χ0v) is 13.6. The number of rotatable bonds is 6. The van der Waals surface area contributed by atoms with Crippen molar-refractivity contribution in [3.63, 3.8) is 0 Å². The first-order valence-electron chi connectivity index (χ1n) is 7.08. The molecule has 21 heavy (non-hydrogen) atoms. The molecule has 6 heteroatoms. The average Bonchev–Trinajstić information content (AvgIpc) is 2.51. The van der Waals surface area contributed by atoms with Crippen molar-refractivity contribution in [2.45, 2.75) is 24.1 Å². The predicted molar refractivity (Wildman–Crippen MR) is 82.6 cm³/mol. The van der Waals surface area contributed by atoms with Gasteiger partial charge in [-0.05, 0) is 43.1 Å². The summed E-state index contributed by atoms with van der Waals surface area (Å²) in [6.07, 6.45) is 1.37. The lowest BCUT2D eigenvalue weighted by molar-refractivity contribution is 0.216. The van der Waals surface area contributed by atoms with Crippen LogP contribution in [0.4, 0.5) is 0 Å². The second kappa shape index (κ2) is 6.77. The van der Waals surface area contributed by atoms with Crippen LogP contribution in [0.5, 0.6) is 5.75 Å². The monoisotopic (exact) mass is 313 g/mol. The van der Waals surface area contributed by atoms with E-state index >= 15 is 0 Å². The van der Waals surface area contributed by atoms with Crippen LogP contribution < -0.4 is 10.1 Å². The second-order valence-corrected chi connectivity index (χ2v) is 7.61. The summed E-state index contributed by atoms with van der Waals surface area (Å²) in [6.45, 7) is 0.241. The van der Waals surface area contributed by atoms with Gasteiger partial charge in [0.1, 0.15) is 5.75 Å². The first-order valence-corrected chi connectivity index (χ1v) is 8.79. The molecule has 1 N–H and O–H groups in total. The van der Waals surface area contributed by atoms with Gasteiger partial charge in [-0.2, -0.15) is 0 Å². The standard InChI is InChI=1S/C15H23NO4S/c1-16-15-13-6-5-12(20-3)10-11(13)4-7-14(15)21(17,18)9-8-19-2/h5-6,10,14-16H,4,7-9H2,1-3H3.